The van der Waals surface area contributed by atoms with E-state index in [2.05, 4.69) is 20.6 Å². The summed E-state index contributed by atoms with van der Waals surface area (Å²) in [5, 5.41) is 16.1. The Morgan fingerprint density at radius 1 is 1.11 bits per heavy atom. The third kappa shape index (κ3) is 3.17. The Balaban J connectivity index is 1.48. The number of nitrogens with one attached hydrogen (secondary N) is 1. The lowest BCUT2D eigenvalue weighted by Gasteiger charge is -2.07. The Morgan fingerprint density at radius 2 is 1.89 bits per heavy atom. The van der Waals surface area contributed by atoms with Crippen molar-refractivity contribution in [1.82, 2.24) is 29.7 Å². The molecule has 0 aliphatic rings. The van der Waals surface area contributed by atoms with Gasteiger partial charge in [0.1, 0.15) is 0 Å². The average molecular weight is 381 g/mol. The van der Waals surface area contributed by atoms with Crippen LogP contribution in [-0.4, -0.2) is 30.3 Å². The summed E-state index contributed by atoms with van der Waals surface area (Å²) >= 11 is 6.20. The molecule has 0 atom stereocenters. The second-order valence-electron chi connectivity index (χ2n) is 6.17. The van der Waals surface area contributed by atoms with Crippen LogP contribution < -0.4 is 5.32 Å². The van der Waals surface area contributed by atoms with E-state index >= 15 is 0 Å². The molecule has 8 heteroatoms. The van der Waals surface area contributed by atoms with E-state index in [4.69, 9.17) is 11.6 Å². The van der Waals surface area contributed by atoms with Gasteiger partial charge in [-0.05, 0) is 50.2 Å². The number of hydrogen-bond acceptors (Lipinski definition) is 4. The summed E-state index contributed by atoms with van der Waals surface area (Å²) in [6.07, 6.45) is 1.87. The predicted molar refractivity (Wildman–Crippen MR) is 102 cm³/mol. The van der Waals surface area contributed by atoms with Crippen molar-refractivity contribution in [1.29, 1.82) is 0 Å². The Morgan fingerprint density at radius 3 is 2.59 bits per heavy atom. The van der Waals surface area contributed by atoms with Crippen LogP contribution in [0.15, 0.2) is 48.7 Å². The number of hydrogen-bond donors (Lipinski definition) is 1. The van der Waals surface area contributed by atoms with Gasteiger partial charge in [-0.3, -0.25) is 9.20 Å². The highest BCUT2D eigenvalue weighted by Gasteiger charge is 2.12. The lowest BCUT2D eigenvalue weighted by atomic mass is 10.2. The number of aromatic nitrogens is 5. The average Bonchev–Trinajstić information content (AvgIpc) is 3.22. The van der Waals surface area contributed by atoms with Crippen LogP contribution in [-0.2, 0) is 6.54 Å². The first-order valence-electron chi connectivity index (χ1n) is 8.43. The third-order valence-corrected chi connectivity index (χ3v) is 4.92. The van der Waals surface area contributed by atoms with Crippen molar-refractivity contribution in [3.05, 3.63) is 76.5 Å². The van der Waals surface area contributed by atoms with Crippen molar-refractivity contribution in [2.45, 2.75) is 20.4 Å². The van der Waals surface area contributed by atoms with Gasteiger partial charge in [-0.25, -0.2) is 4.68 Å². The number of carbonyl (C=O) groups is 1. The van der Waals surface area contributed by atoms with Gasteiger partial charge in [-0.1, -0.05) is 17.7 Å². The molecule has 0 saturated carbocycles. The summed E-state index contributed by atoms with van der Waals surface area (Å²) < 4.78 is 3.61. The standard InChI is InChI=1S/C19H17ClN6O/c1-12-18(20)13(2)26(24-12)15-8-6-14(7-9-15)19(27)21-11-17-23-22-16-5-3-4-10-25(16)17/h3-10H,11H2,1-2H3,(H,21,27). The summed E-state index contributed by atoms with van der Waals surface area (Å²) in [5.41, 5.74) is 3.79. The maximum Gasteiger partial charge on any atom is 0.251 e. The van der Waals surface area contributed by atoms with E-state index in [0.717, 1.165) is 22.7 Å². The SMILES string of the molecule is Cc1nn(-c2ccc(C(=O)NCc3nnc4ccccn34)cc2)c(C)c1Cl. The van der Waals surface area contributed by atoms with Gasteiger partial charge in [-0.15, -0.1) is 10.2 Å². The predicted octanol–water partition coefficient (Wildman–Crippen LogP) is 3.12. The highest BCUT2D eigenvalue weighted by atomic mass is 35.5. The van der Waals surface area contributed by atoms with Gasteiger partial charge < -0.3 is 5.32 Å². The van der Waals surface area contributed by atoms with Gasteiger partial charge >= 0.3 is 0 Å². The number of halogens is 1. The van der Waals surface area contributed by atoms with Crippen molar-refractivity contribution >= 4 is 23.2 Å². The molecule has 0 spiro atoms. The number of nitrogens with zero attached hydrogens (tertiary/aromatic N) is 5. The number of amides is 1. The Labute approximate surface area is 160 Å². The van der Waals surface area contributed by atoms with Crippen LogP contribution in [0.25, 0.3) is 11.3 Å². The monoisotopic (exact) mass is 380 g/mol. The van der Waals surface area contributed by atoms with Crippen LogP contribution in [0.4, 0.5) is 0 Å². The molecule has 27 heavy (non-hydrogen) atoms. The molecule has 0 unspecified atom stereocenters. The summed E-state index contributed by atoms with van der Waals surface area (Å²) in [6.45, 7) is 4.06. The number of pyridine rings is 1. The first-order chi connectivity index (χ1) is 13.0. The lowest BCUT2D eigenvalue weighted by molar-refractivity contribution is 0.0950. The number of carbonyl (C=O) groups excluding carboxylic acids is 1. The van der Waals surface area contributed by atoms with Crippen LogP contribution in [0.2, 0.25) is 5.02 Å². The van der Waals surface area contributed by atoms with Crippen LogP contribution in [0.5, 0.6) is 0 Å². The fourth-order valence-electron chi connectivity index (χ4n) is 2.90. The molecule has 1 amide bonds. The molecular weight excluding hydrogens is 364 g/mol. The van der Waals surface area contributed by atoms with Gasteiger partial charge in [-0.2, -0.15) is 5.10 Å². The van der Waals surface area contributed by atoms with E-state index in [1.54, 1.807) is 16.8 Å². The first kappa shape index (κ1) is 17.2. The van der Waals surface area contributed by atoms with Crippen molar-refractivity contribution < 1.29 is 4.79 Å². The minimum Gasteiger partial charge on any atom is -0.345 e. The lowest BCUT2D eigenvalue weighted by Crippen LogP contribution is -2.24. The maximum atomic E-state index is 12.4. The highest BCUT2D eigenvalue weighted by molar-refractivity contribution is 6.31. The quantitative estimate of drug-likeness (QED) is 0.590. The first-order valence-corrected chi connectivity index (χ1v) is 8.81. The molecule has 0 radical (unpaired) electrons. The number of fused-ring (bicyclic) bond motifs is 1. The molecule has 0 bridgehead atoms. The molecule has 3 heterocycles. The fraction of sp³-hybridized carbons (Fsp3) is 0.158. The topological polar surface area (TPSA) is 77.1 Å². The molecule has 0 aliphatic carbocycles. The van der Waals surface area contributed by atoms with Crippen LogP contribution >= 0.6 is 11.6 Å². The van der Waals surface area contributed by atoms with Gasteiger partial charge in [0.05, 0.1) is 28.6 Å². The van der Waals surface area contributed by atoms with Crippen molar-refractivity contribution in [3.63, 3.8) is 0 Å². The molecular formula is C19H17ClN6O. The minimum atomic E-state index is -0.180. The Kier molecular flexibility index (Phi) is 4.37. The summed E-state index contributed by atoms with van der Waals surface area (Å²) in [6, 6.07) is 12.9. The van der Waals surface area contributed by atoms with E-state index in [0.29, 0.717) is 23.0 Å². The Bertz CT molecular complexity index is 1130. The van der Waals surface area contributed by atoms with Crippen molar-refractivity contribution in [3.8, 4) is 5.69 Å². The molecule has 3 aromatic heterocycles. The van der Waals surface area contributed by atoms with E-state index in [1.165, 1.54) is 0 Å². The smallest absolute Gasteiger partial charge is 0.251 e. The number of rotatable bonds is 4. The molecule has 0 fully saturated rings. The van der Waals surface area contributed by atoms with E-state index in [1.807, 2.05) is 54.8 Å². The van der Waals surface area contributed by atoms with Crippen LogP contribution in [0, 0.1) is 13.8 Å². The molecule has 4 rings (SSSR count). The number of aryl methyl sites for hydroxylation is 1. The van der Waals surface area contributed by atoms with Gasteiger partial charge in [0.25, 0.3) is 5.91 Å². The number of benzene rings is 1. The minimum absolute atomic E-state index is 0.180. The van der Waals surface area contributed by atoms with E-state index < -0.39 is 0 Å². The normalized spacial score (nSPS) is 11.1. The van der Waals surface area contributed by atoms with Gasteiger partial charge in [0.15, 0.2) is 11.5 Å². The van der Waals surface area contributed by atoms with E-state index in [-0.39, 0.29) is 5.91 Å². The van der Waals surface area contributed by atoms with Crippen molar-refractivity contribution in [2.24, 2.45) is 0 Å². The zero-order chi connectivity index (χ0) is 19.0. The van der Waals surface area contributed by atoms with Gasteiger partial charge in [0, 0.05) is 11.8 Å². The second kappa shape index (κ2) is 6.85. The summed E-state index contributed by atoms with van der Waals surface area (Å²) in [5.74, 6) is 0.494. The summed E-state index contributed by atoms with van der Waals surface area (Å²) in [4.78, 5) is 12.4. The second-order valence-corrected chi connectivity index (χ2v) is 6.55. The van der Waals surface area contributed by atoms with Gasteiger partial charge in [0.2, 0.25) is 0 Å². The molecule has 1 aromatic carbocycles. The molecule has 7 nitrogen and oxygen atoms in total. The third-order valence-electron chi connectivity index (χ3n) is 4.37. The largest absolute Gasteiger partial charge is 0.345 e. The molecule has 0 aliphatic heterocycles. The van der Waals surface area contributed by atoms with Crippen LogP contribution in [0.1, 0.15) is 27.6 Å². The zero-order valence-corrected chi connectivity index (χ0v) is 15.6. The molecule has 4 aromatic rings. The van der Waals surface area contributed by atoms with E-state index in [9.17, 15) is 4.79 Å². The maximum absolute atomic E-state index is 12.4. The fourth-order valence-corrected chi connectivity index (χ4v) is 3.02. The molecule has 1 N–H and O–H groups in total. The van der Waals surface area contributed by atoms with Crippen LogP contribution in [0.3, 0.4) is 0 Å². The molecule has 136 valence electrons. The summed E-state index contributed by atoms with van der Waals surface area (Å²) in [7, 11) is 0. The highest BCUT2D eigenvalue weighted by Crippen LogP contribution is 2.22. The van der Waals surface area contributed by atoms with Crippen molar-refractivity contribution in [2.75, 3.05) is 0 Å². The zero-order valence-electron chi connectivity index (χ0n) is 14.8. The molecule has 0 saturated heterocycles. The Hall–Kier alpha value is -3.19.